The Morgan fingerprint density at radius 1 is 1.60 bits per heavy atom. The van der Waals surface area contributed by atoms with Crippen LogP contribution in [0.15, 0.2) is 0 Å². The fourth-order valence-electron chi connectivity index (χ4n) is 0.757. The molecule has 0 radical (unpaired) electrons. The second-order valence-corrected chi connectivity index (χ2v) is 2.78. The number of hydrogen-bond acceptors (Lipinski definition) is 4. The summed E-state index contributed by atoms with van der Waals surface area (Å²) < 4.78 is 4.84. The lowest BCUT2D eigenvalue weighted by Gasteiger charge is -2.20. The quantitative estimate of drug-likeness (QED) is 0.356. The van der Waals surface area contributed by atoms with Crippen molar-refractivity contribution in [2.45, 2.75) is 25.4 Å². The number of aliphatic hydroxyl groups is 3. The summed E-state index contributed by atoms with van der Waals surface area (Å²) in [6.45, 7) is 2.22. The standard InChI is InChI=1S/C6H12O4/c1-4(6(7,8)9)2-5-3-10-5/h4-5,7-9H,2-3H2,1H3. The molecule has 1 rings (SSSR count). The molecule has 0 aromatic heterocycles. The normalized spacial score (nSPS) is 28.2. The summed E-state index contributed by atoms with van der Waals surface area (Å²) in [5.74, 6) is -3.11. The summed E-state index contributed by atoms with van der Waals surface area (Å²) in [6.07, 6.45) is 0.601. The average molecular weight is 148 g/mol. The summed E-state index contributed by atoms with van der Waals surface area (Å²) >= 11 is 0. The van der Waals surface area contributed by atoms with Gasteiger partial charge in [-0.2, -0.15) is 0 Å². The SMILES string of the molecule is CC(CC1CO1)C(O)(O)O. The summed E-state index contributed by atoms with van der Waals surface area (Å²) in [4.78, 5) is 0. The first-order valence-corrected chi connectivity index (χ1v) is 3.29. The molecule has 0 saturated carbocycles. The molecular weight excluding hydrogens is 136 g/mol. The Morgan fingerprint density at radius 3 is 2.40 bits per heavy atom. The summed E-state index contributed by atoms with van der Waals surface area (Å²) in [7, 11) is 0. The van der Waals surface area contributed by atoms with E-state index in [1.807, 2.05) is 0 Å². The predicted molar refractivity (Wildman–Crippen MR) is 32.9 cm³/mol. The Morgan fingerprint density at radius 2 is 2.10 bits per heavy atom. The van der Waals surface area contributed by atoms with E-state index in [-0.39, 0.29) is 6.10 Å². The van der Waals surface area contributed by atoms with Gasteiger partial charge < -0.3 is 20.1 Å². The van der Waals surface area contributed by atoms with Crippen LogP contribution in [0.5, 0.6) is 0 Å². The van der Waals surface area contributed by atoms with Gasteiger partial charge in [-0.25, -0.2) is 0 Å². The lowest BCUT2D eigenvalue weighted by molar-refractivity contribution is -0.340. The van der Waals surface area contributed by atoms with Gasteiger partial charge in [-0.05, 0) is 6.42 Å². The van der Waals surface area contributed by atoms with Gasteiger partial charge in [0.15, 0.2) is 0 Å². The zero-order valence-corrected chi connectivity index (χ0v) is 5.82. The topological polar surface area (TPSA) is 73.2 Å². The van der Waals surface area contributed by atoms with Crippen molar-refractivity contribution in [1.29, 1.82) is 0 Å². The predicted octanol–water partition coefficient (Wildman–Crippen LogP) is -0.958. The lowest BCUT2D eigenvalue weighted by atomic mass is 10.0. The summed E-state index contributed by atoms with van der Waals surface area (Å²) in [5, 5.41) is 25.9. The first kappa shape index (κ1) is 7.94. The smallest absolute Gasteiger partial charge is 0.278 e. The van der Waals surface area contributed by atoms with Gasteiger partial charge in [0.2, 0.25) is 0 Å². The van der Waals surface area contributed by atoms with Gasteiger partial charge in [0.1, 0.15) is 0 Å². The molecule has 2 unspecified atom stereocenters. The van der Waals surface area contributed by atoms with E-state index in [0.29, 0.717) is 13.0 Å². The third kappa shape index (κ3) is 2.22. The van der Waals surface area contributed by atoms with E-state index in [0.717, 1.165) is 0 Å². The first-order chi connectivity index (χ1) is 4.50. The van der Waals surface area contributed by atoms with Crippen LogP contribution in [0.1, 0.15) is 13.3 Å². The average Bonchev–Trinajstić information content (AvgIpc) is 2.47. The van der Waals surface area contributed by atoms with E-state index in [1.54, 1.807) is 6.92 Å². The van der Waals surface area contributed by atoms with Crippen LogP contribution < -0.4 is 0 Å². The van der Waals surface area contributed by atoms with Crippen molar-refractivity contribution in [3.8, 4) is 0 Å². The number of ether oxygens (including phenoxy) is 1. The van der Waals surface area contributed by atoms with Gasteiger partial charge in [0, 0.05) is 5.92 Å². The minimum absolute atomic E-state index is 0.112. The molecule has 4 heteroatoms. The molecule has 0 aromatic rings. The van der Waals surface area contributed by atoms with Gasteiger partial charge in [0.25, 0.3) is 5.97 Å². The molecule has 1 heterocycles. The van der Waals surface area contributed by atoms with Crippen molar-refractivity contribution in [2.24, 2.45) is 5.92 Å². The number of epoxide rings is 1. The van der Waals surface area contributed by atoms with Gasteiger partial charge >= 0.3 is 0 Å². The molecule has 2 atom stereocenters. The van der Waals surface area contributed by atoms with E-state index in [9.17, 15) is 0 Å². The van der Waals surface area contributed by atoms with Crippen molar-refractivity contribution >= 4 is 0 Å². The van der Waals surface area contributed by atoms with Crippen molar-refractivity contribution in [1.82, 2.24) is 0 Å². The van der Waals surface area contributed by atoms with Crippen LogP contribution in [0, 0.1) is 5.92 Å². The molecule has 1 fully saturated rings. The van der Waals surface area contributed by atoms with Gasteiger partial charge in [-0.1, -0.05) is 6.92 Å². The highest BCUT2D eigenvalue weighted by Gasteiger charge is 2.34. The highest BCUT2D eigenvalue weighted by atomic mass is 16.7. The Kier molecular flexibility index (Phi) is 1.96. The maximum atomic E-state index is 8.62. The van der Waals surface area contributed by atoms with Crippen molar-refractivity contribution in [3.63, 3.8) is 0 Å². The van der Waals surface area contributed by atoms with Gasteiger partial charge in [-0.3, -0.25) is 0 Å². The largest absolute Gasteiger partial charge is 0.373 e. The molecule has 3 N–H and O–H groups in total. The molecule has 60 valence electrons. The highest BCUT2D eigenvalue weighted by molar-refractivity contribution is 4.74. The van der Waals surface area contributed by atoms with Crippen LogP contribution in [-0.2, 0) is 4.74 Å². The third-order valence-corrected chi connectivity index (χ3v) is 1.68. The monoisotopic (exact) mass is 148 g/mol. The van der Waals surface area contributed by atoms with Crippen molar-refractivity contribution < 1.29 is 20.1 Å². The first-order valence-electron chi connectivity index (χ1n) is 3.29. The maximum absolute atomic E-state index is 8.62. The van der Waals surface area contributed by atoms with Crippen LogP contribution in [0.2, 0.25) is 0 Å². The van der Waals surface area contributed by atoms with Crippen LogP contribution in [0.4, 0.5) is 0 Å². The van der Waals surface area contributed by atoms with Gasteiger partial charge in [-0.15, -0.1) is 0 Å². The minimum Gasteiger partial charge on any atom is -0.373 e. The molecule has 0 bridgehead atoms. The minimum atomic E-state index is -2.55. The summed E-state index contributed by atoms with van der Waals surface area (Å²) in [6, 6.07) is 0. The zero-order chi connectivity index (χ0) is 7.78. The van der Waals surface area contributed by atoms with Crippen LogP contribution >= 0.6 is 0 Å². The molecule has 10 heavy (non-hydrogen) atoms. The van der Waals surface area contributed by atoms with E-state index < -0.39 is 11.9 Å². The second kappa shape index (κ2) is 2.47. The zero-order valence-electron chi connectivity index (χ0n) is 5.82. The van der Waals surface area contributed by atoms with E-state index >= 15 is 0 Å². The lowest BCUT2D eigenvalue weighted by Crippen LogP contribution is -2.36. The van der Waals surface area contributed by atoms with E-state index in [2.05, 4.69) is 0 Å². The Balaban J connectivity index is 2.25. The number of hydrogen-bond donors (Lipinski definition) is 3. The van der Waals surface area contributed by atoms with E-state index in [4.69, 9.17) is 20.1 Å². The Hall–Kier alpha value is -0.160. The fraction of sp³-hybridized carbons (Fsp3) is 1.00. The molecule has 0 amide bonds. The molecule has 1 aliphatic rings. The molecule has 1 aliphatic heterocycles. The third-order valence-electron chi connectivity index (χ3n) is 1.68. The molecule has 0 aromatic carbocycles. The van der Waals surface area contributed by atoms with Crippen molar-refractivity contribution in [2.75, 3.05) is 6.61 Å². The Bertz CT molecular complexity index is 113. The molecule has 0 spiro atoms. The fourth-order valence-corrected chi connectivity index (χ4v) is 0.757. The summed E-state index contributed by atoms with van der Waals surface area (Å²) in [5.41, 5.74) is 0. The highest BCUT2D eigenvalue weighted by Crippen LogP contribution is 2.24. The van der Waals surface area contributed by atoms with Gasteiger partial charge in [0.05, 0.1) is 12.7 Å². The van der Waals surface area contributed by atoms with Crippen molar-refractivity contribution in [3.05, 3.63) is 0 Å². The Labute approximate surface area is 59.1 Å². The number of rotatable bonds is 3. The van der Waals surface area contributed by atoms with Crippen LogP contribution in [0.25, 0.3) is 0 Å². The second-order valence-electron chi connectivity index (χ2n) is 2.78. The van der Waals surface area contributed by atoms with E-state index in [1.165, 1.54) is 0 Å². The molecule has 1 saturated heterocycles. The maximum Gasteiger partial charge on any atom is 0.278 e. The van der Waals surface area contributed by atoms with Crippen LogP contribution in [0.3, 0.4) is 0 Å². The molecule has 4 nitrogen and oxygen atoms in total. The molecular formula is C6H12O4. The van der Waals surface area contributed by atoms with Crippen LogP contribution in [-0.4, -0.2) is 34.0 Å². The molecule has 0 aliphatic carbocycles.